The topological polar surface area (TPSA) is 81.3 Å². The molecule has 160 valence electrons. The zero-order valence-electron chi connectivity index (χ0n) is 18.6. The van der Waals surface area contributed by atoms with Crippen LogP contribution in [0.3, 0.4) is 0 Å². The Balaban J connectivity index is 1.92. The Kier molecular flexibility index (Phi) is 4.85. The highest BCUT2D eigenvalue weighted by atomic mass is 32.2. The van der Waals surface area contributed by atoms with Crippen LogP contribution in [0.1, 0.15) is 38.8 Å². The predicted octanol–water partition coefficient (Wildman–Crippen LogP) is 3.51. The Hall–Kier alpha value is -2.60. The number of aryl methyl sites for hydroxylation is 1. The second-order valence-corrected chi connectivity index (χ2v) is 11.1. The van der Waals surface area contributed by atoms with E-state index in [4.69, 9.17) is 9.31 Å². The number of benzene rings is 2. The second kappa shape index (κ2) is 6.96. The Morgan fingerprint density at radius 2 is 1.61 bits per heavy atom. The molecule has 1 saturated heterocycles. The first-order valence-corrected chi connectivity index (χ1v) is 11.9. The van der Waals surface area contributed by atoms with E-state index < -0.39 is 28.2 Å². The van der Waals surface area contributed by atoms with E-state index in [2.05, 4.69) is 6.07 Å². The van der Waals surface area contributed by atoms with E-state index in [1.807, 2.05) is 57.5 Å². The molecule has 2 heterocycles. The van der Waals surface area contributed by atoms with Gasteiger partial charge in [-0.05, 0) is 76.6 Å². The van der Waals surface area contributed by atoms with Crippen molar-refractivity contribution in [3.8, 4) is 11.8 Å². The first-order chi connectivity index (χ1) is 14.3. The van der Waals surface area contributed by atoms with Gasteiger partial charge in [0.05, 0.1) is 33.2 Å². The van der Waals surface area contributed by atoms with Crippen LogP contribution in [-0.4, -0.2) is 37.6 Å². The number of hydrogen-bond acceptors (Lipinski definition) is 5. The minimum absolute atomic E-state index is 0.266. The summed E-state index contributed by atoms with van der Waals surface area (Å²) in [6, 6.07) is 12.8. The standard InChI is InChI=1S/C23H25BN2O4S/c1-15-11-21-19(12-16(15)13-25)20(24-29-22(2,3)23(4,5)30-24)14-26(21)17-7-9-18(10-8-17)31(6,27)28/h7-12,14H,1-6H3. The van der Waals surface area contributed by atoms with Gasteiger partial charge in [0.15, 0.2) is 9.84 Å². The molecule has 1 aliphatic rings. The van der Waals surface area contributed by atoms with Crippen LogP contribution in [0.5, 0.6) is 0 Å². The molecule has 1 aromatic heterocycles. The van der Waals surface area contributed by atoms with Crippen molar-refractivity contribution in [2.45, 2.75) is 50.7 Å². The number of nitrogens with zero attached hydrogens (tertiary/aromatic N) is 2. The normalized spacial score (nSPS) is 17.8. The maximum atomic E-state index is 11.8. The molecule has 0 N–H and O–H groups in total. The minimum atomic E-state index is -3.28. The van der Waals surface area contributed by atoms with Gasteiger partial charge in [0, 0.05) is 29.0 Å². The molecule has 0 saturated carbocycles. The minimum Gasteiger partial charge on any atom is -0.399 e. The smallest absolute Gasteiger partial charge is 0.399 e. The molecule has 3 aromatic rings. The maximum absolute atomic E-state index is 11.8. The zero-order chi connectivity index (χ0) is 22.8. The van der Waals surface area contributed by atoms with E-state index in [9.17, 15) is 13.7 Å². The van der Waals surface area contributed by atoms with Gasteiger partial charge in [0.1, 0.15) is 0 Å². The van der Waals surface area contributed by atoms with Crippen molar-refractivity contribution in [3.05, 3.63) is 53.7 Å². The Morgan fingerprint density at radius 1 is 1.03 bits per heavy atom. The number of nitriles is 1. The molecule has 0 atom stereocenters. The number of sulfone groups is 1. The number of aromatic nitrogens is 1. The van der Waals surface area contributed by atoms with E-state index in [1.54, 1.807) is 24.3 Å². The van der Waals surface area contributed by atoms with Crippen molar-refractivity contribution in [3.63, 3.8) is 0 Å². The molecule has 31 heavy (non-hydrogen) atoms. The summed E-state index contributed by atoms with van der Waals surface area (Å²) in [5.74, 6) is 0. The third kappa shape index (κ3) is 3.57. The van der Waals surface area contributed by atoms with Crippen molar-refractivity contribution in [2.24, 2.45) is 0 Å². The predicted molar refractivity (Wildman–Crippen MR) is 122 cm³/mol. The highest BCUT2D eigenvalue weighted by molar-refractivity contribution is 7.90. The van der Waals surface area contributed by atoms with E-state index >= 15 is 0 Å². The van der Waals surface area contributed by atoms with Gasteiger partial charge < -0.3 is 13.9 Å². The van der Waals surface area contributed by atoms with Crippen molar-refractivity contribution >= 4 is 33.3 Å². The molecule has 0 unspecified atom stereocenters. The lowest BCUT2D eigenvalue weighted by molar-refractivity contribution is 0.00578. The summed E-state index contributed by atoms with van der Waals surface area (Å²) in [6.45, 7) is 9.90. The third-order valence-corrected chi connectivity index (χ3v) is 7.48. The molecule has 4 rings (SSSR count). The molecule has 0 amide bonds. The first-order valence-electron chi connectivity index (χ1n) is 10.1. The van der Waals surface area contributed by atoms with E-state index in [0.717, 1.165) is 27.6 Å². The fourth-order valence-corrected chi connectivity index (χ4v) is 4.38. The van der Waals surface area contributed by atoms with Crippen LogP contribution >= 0.6 is 0 Å². The lowest BCUT2D eigenvalue weighted by Gasteiger charge is -2.32. The average molecular weight is 436 g/mol. The fourth-order valence-electron chi connectivity index (χ4n) is 3.75. The van der Waals surface area contributed by atoms with E-state index in [-0.39, 0.29) is 4.90 Å². The summed E-state index contributed by atoms with van der Waals surface area (Å²) >= 11 is 0. The van der Waals surface area contributed by atoms with Crippen LogP contribution in [0.25, 0.3) is 16.6 Å². The van der Waals surface area contributed by atoms with Gasteiger partial charge in [-0.2, -0.15) is 5.26 Å². The second-order valence-electron chi connectivity index (χ2n) is 9.10. The molecule has 6 nitrogen and oxygen atoms in total. The van der Waals surface area contributed by atoms with E-state index in [0.29, 0.717) is 5.56 Å². The Labute approximate surface area is 183 Å². The first kappa shape index (κ1) is 21.6. The van der Waals surface area contributed by atoms with Crippen LogP contribution in [0, 0.1) is 18.3 Å². The maximum Gasteiger partial charge on any atom is 0.497 e. The molecule has 0 radical (unpaired) electrons. The van der Waals surface area contributed by atoms with Crippen LogP contribution in [-0.2, 0) is 19.1 Å². The summed E-state index contributed by atoms with van der Waals surface area (Å²) in [5, 5.41) is 10.4. The van der Waals surface area contributed by atoms with Gasteiger partial charge >= 0.3 is 7.12 Å². The summed E-state index contributed by atoms with van der Waals surface area (Å²) < 4.78 is 38.2. The van der Waals surface area contributed by atoms with Gasteiger partial charge in [-0.25, -0.2) is 8.42 Å². The van der Waals surface area contributed by atoms with Crippen molar-refractivity contribution in [1.82, 2.24) is 4.57 Å². The lowest BCUT2D eigenvalue weighted by atomic mass is 9.78. The Bertz CT molecular complexity index is 1320. The number of hydrogen-bond donors (Lipinski definition) is 0. The molecule has 0 bridgehead atoms. The molecule has 1 fully saturated rings. The van der Waals surface area contributed by atoms with Gasteiger partial charge in [0.25, 0.3) is 0 Å². The molecule has 0 aliphatic carbocycles. The molecular weight excluding hydrogens is 411 g/mol. The van der Waals surface area contributed by atoms with Crippen molar-refractivity contribution in [1.29, 1.82) is 5.26 Å². The number of rotatable bonds is 3. The average Bonchev–Trinajstić information content (AvgIpc) is 3.13. The summed E-state index contributed by atoms with van der Waals surface area (Å²) in [5.41, 5.74) is 3.01. The van der Waals surface area contributed by atoms with Gasteiger partial charge in [0.2, 0.25) is 0 Å². The summed E-state index contributed by atoms with van der Waals surface area (Å²) in [4.78, 5) is 0.266. The highest BCUT2D eigenvalue weighted by Crippen LogP contribution is 2.37. The monoisotopic (exact) mass is 436 g/mol. The highest BCUT2D eigenvalue weighted by Gasteiger charge is 2.52. The van der Waals surface area contributed by atoms with Gasteiger partial charge in [-0.15, -0.1) is 0 Å². The Morgan fingerprint density at radius 3 is 2.13 bits per heavy atom. The zero-order valence-corrected chi connectivity index (χ0v) is 19.4. The van der Waals surface area contributed by atoms with Crippen LogP contribution in [0.15, 0.2) is 47.5 Å². The number of fused-ring (bicyclic) bond motifs is 1. The summed E-state index contributed by atoms with van der Waals surface area (Å²) in [6.07, 6.45) is 3.14. The van der Waals surface area contributed by atoms with Crippen LogP contribution < -0.4 is 5.46 Å². The SMILES string of the molecule is Cc1cc2c(cc1C#N)c(B1OC(C)(C)C(C)(C)O1)cn2-c1ccc(S(C)(=O)=O)cc1. The molecule has 2 aromatic carbocycles. The molecular formula is C23H25BN2O4S. The molecule has 8 heteroatoms. The van der Waals surface area contributed by atoms with Crippen molar-refractivity contribution in [2.75, 3.05) is 6.26 Å². The van der Waals surface area contributed by atoms with E-state index in [1.165, 1.54) is 6.26 Å². The fraction of sp³-hybridized carbons (Fsp3) is 0.348. The largest absolute Gasteiger partial charge is 0.497 e. The van der Waals surface area contributed by atoms with Crippen molar-refractivity contribution < 1.29 is 17.7 Å². The molecule has 1 aliphatic heterocycles. The van der Waals surface area contributed by atoms with Gasteiger partial charge in [-0.3, -0.25) is 0 Å². The quantitative estimate of drug-likeness (QED) is 0.587. The summed E-state index contributed by atoms with van der Waals surface area (Å²) in [7, 11) is -3.86. The lowest BCUT2D eigenvalue weighted by Crippen LogP contribution is -2.41. The van der Waals surface area contributed by atoms with Gasteiger partial charge in [-0.1, -0.05) is 0 Å². The third-order valence-electron chi connectivity index (χ3n) is 6.35. The van der Waals surface area contributed by atoms with Crippen LogP contribution in [0.2, 0.25) is 0 Å². The van der Waals surface area contributed by atoms with Crippen LogP contribution in [0.4, 0.5) is 0 Å². The molecule has 0 spiro atoms.